The van der Waals surface area contributed by atoms with Crippen molar-refractivity contribution >= 4 is 37.7 Å². The average Bonchev–Trinajstić information content (AvgIpc) is 3.49. The Hall–Kier alpha value is -5.53. The van der Waals surface area contributed by atoms with Gasteiger partial charge in [0, 0.05) is 79.2 Å². The van der Waals surface area contributed by atoms with E-state index < -0.39 is 26.0 Å². The maximum absolute atomic E-state index is 13.4. The Bertz CT molecular complexity index is 2690. The van der Waals surface area contributed by atoms with E-state index in [1.165, 1.54) is 40.3 Å². The molecule has 3 aliphatic heterocycles. The molecule has 7 rings (SSSR count). The van der Waals surface area contributed by atoms with Crippen LogP contribution in [-0.2, 0) is 42.3 Å². The molecule has 0 radical (unpaired) electrons. The minimum Gasteiger partial charge on any atom is -0.744 e. The van der Waals surface area contributed by atoms with Crippen LogP contribution >= 0.6 is 0 Å². The summed E-state index contributed by atoms with van der Waals surface area (Å²) in [6.07, 6.45) is 21.6. The normalized spacial score (nSPS) is 20.6. The first-order valence-corrected chi connectivity index (χ1v) is 22.4. The van der Waals surface area contributed by atoms with Gasteiger partial charge < -0.3 is 19.3 Å². The van der Waals surface area contributed by atoms with E-state index in [1.54, 1.807) is 53.5 Å². The van der Waals surface area contributed by atoms with Crippen LogP contribution < -0.4 is 14.4 Å². The second-order valence-electron chi connectivity index (χ2n) is 16.5. The molecule has 1 atom stereocenters. The third kappa shape index (κ3) is 8.69. The maximum atomic E-state index is 13.4. The smallest absolute Gasteiger partial charge is 0.299 e. The molecule has 0 N–H and O–H groups in total. The summed E-state index contributed by atoms with van der Waals surface area (Å²) in [5, 5.41) is 0. The number of likely N-dealkylation sites (N-methyl/N-ethyl adjacent to an activating group) is 3. The van der Waals surface area contributed by atoms with Crippen LogP contribution in [0.4, 0.5) is 11.4 Å². The van der Waals surface area contributed by atoms with Crippen LogP contribution in [0.1, 0.15) is 55.6 Å². The van der Waals surface area contributed by atoms with Crippen molar-refractivity contribution in [2.24, 2.45) is 7.05 Å². The SMILES string of the molecule is Cc1ccc(S(=O)(=O)OC2(C=CC=C3N(C)c4cc5c(cc4C3(C)C)N(C)C(=CC=Cc3cccc[n+]3C)C5(C)C)C=CC=CN2C)cc1.Cc1ccc(S(=O)(=O)[O-])cc1. The van der Waals surface area contributed by atoms with Crippen LogP contribution in [0.15, 0.2) is 161 Å². The van der Waals surface area contributed by atoms with Gasteiger partial charge in [-0.1, -0.05) is 81.3 Å². The minimum atomic E-state index is -4.27. The Labute approximate surface area is 356 Å². The molecule has 1 aromatic heterocycles. The molecule has 0 saturated carbocycles. The van der Waals surface area contributed by atoms with E-state index in [0.29, 0.717) is 0 Å². The fourth-order valence-corrected chi connectivity index (χ4v) is 9.51. The van der Waals surface area contributed by atoms with Crippen molar-refractivity contribution < 1.29 is 30.1 Å². The molecule has 0 fully saturated rings. The molecule has 4 heterocycles. The Kier molecular flexibility index (Phi) is 12.1. The van der Waals surface area contributed by atoms with Crippen molar-refractivity contribution in [3.8, 4) is 0 Å². The van der Waals surface area contributed by atoms with Crippen molar-refractivity contribution in [2.75, 3.05) is 30.9 Å². The molecule has 314 valence electrons. The lowest BCUT2D eigenvalue weighted by molar-refractivity contribution is -0.673. The summed E-state index contributed by atoms with van der Waals surface area (Å²) in [5.41, 5.74) is 8.47. The molecule has 0 aliphatic carbocycles. The van der Waals surface area contributed by atoms with Gasteiger partial charge in [-0.2, -0.15) is 8.42 Å². The Morgan fingerprint density at radius 3 is 1.72 bits per heavy atom. The van der Waals surface area contributed by atoms with Gasteiger partial charge in [-0.3, -0.25) is 0 Å². The molecular formula is C48H54N4O6S2. The van der Waals surface area contributed by atoms with Gasteiger partial charge in [0.05, 0.1) is 9.79 Å². The van der Waals surface area contributed by atoms with Crippen LogP contribution in [-0.4, -0.2) is 53.2 Å². The summed E-state index contributed by atoms with van der Waals surface area (Å²) in [6, 6.07) is 23.4. The average molecular weight is 847 g/mol. The first-order valence-electron chi connectivity index (χ1n) is 19.6. The molecule has 0 saturated heterocycles. The van der Waals surface area contributed by atoms with Crippen molar-refractivity contribution in [3.05, 3.63) is 179 Å². The zero-order valence-corrected chi connectivity index (χ0v) is 37.5. The molecule has 0 amide bonds. The quantitative estimate of drug-likeness (QED) is 0.0982. The van der Waals surface area contributed by atoms with E-state index in [9.17, 15) is 21.4 Å². The Morgan fingerprint density at radius 1 is 0.700 bits per heavy atom. The van der Waals surface area contributed by atoms with Gasteiger partial charge >= 0.3 is 0 Å². The second-order valence-corrected chi connectivity index (χ2v) is 19.4. The fourth-order valence-electron chi connectivity index (χ4n) is 7.90. The first-order chi connectivity index (χ1) is 28.1. The van der Waals surface area contributed by atoms with E-state index >= 15 is 0 Å². The number of aryl methyl sites for hydroxylation is 3. The van der Waals surface area contributed by atoms with Crippen LogP contribution in [0, 0.1) is 13.8 Å². The third-order valence-electron chi connectivity index (χ3n) is 11.6. The summed E-state index contributed by atoms with van der Waals surface area (Å²) >= 11 is 0. The van der Waals surface area contributed by atoms with E-state index in [1.807, 2.05) is 51.4 Å². The molecular weight excluding hydrogens is 793 g/mol. The highest BCUT2D eigenvalue weighted by Gasteiger charge is 2.45. The standard InChI is InChI=1S/C41H47N4O3S.C7H8O3S/c1-30-20-22-32(23-21-30)49(46,47)48-41(24-11-13-27-43(41)7)25-15-19-38-40(4,5)34-29-35-33(28-36(34)45(38)9)39(2,3)37(44(35)8)18-14-17-31-16-10-12-26-42(31)6;1-6-2-4-7(5-3-6)11(8,9)10/h10-29H,1-9H3;2-5H,1H3,(H,8,9,10)/q+1;/p-1. The van der Waals surface area contributed by atoms with Gasteiger partial charge in [-0.25, -0.2) is 17.2 Å². The zero-order chi connectivity index (χ0) is 43.8. The molecule has 10 nitrogen and oxygen atoms in total. The molecule has 60 heavy (non-hydrogen) atoms. The van der Waals surface area contributed by atoms with Gasteiger partial charge in [0.1, 0.15) is 17.2 Å². The van der Waals surface area contributed by atoms with Crippen LogP contribution in [0.2, 0.25) is 0 Å². The number of benzene rings is 3. The predicted molar refractivity (Wildman–Crippen MR) is 239 cm³/mol. The Morgan fingerprint density at radius 2 is 1.22 bits per heavy atom. The second kappa shape index (κ2) is 16.5. The molecule has 4 aromatic rings. The number of fused-ring (bicyclic) bond motifs is 2. The van der Waals surface area contributed by atoms with Gasteiger partial charge in [0.2, 0.25) is 5.69 Å². The lowest BCUT2D eigenvalue weighted by atomic mass is 9.80. The lowest BCUT2D eigenvalue weighted by Crippen LogP contribution is -2.45. The highest BCUT2D eigenvalue weighted by molar-refractivity contribution is 7.86. The van der Waals surface area contributed by atoms with Crippen molar-refractivity contribution in [2.45, 2.75) is 67.9 Å². The van der Waals surface area contributed by atoms with Gasteiger partial charge in [0.25, 0.3) is 10.1 Å². The van der Waals surface area contributed by atoms with Crippen LogP contribution in [0.25, 0.3) is 6.08 Å². The minimum absolute atomic E-state index is 0.118. The summed E-state index contributed by atoms with van der Waals surface area (Å²) in [6.45, 7) is 12.8. The predicted octanol–water partition coefficient (Wildman–Crippen LogP) is 8.33. The number of hydrogen-bond acceptors (Lipinski definition) is 9. The van der Waals surface area contributed by atoms with E-state index in [-0.39, 0.29) is 20.6 Å². The summed E-state index contributed by atoms with van der Waals surface area (Å²) in [5.74, 6) is 0. The van der Waals surface area contributed by atoms with Gasteiger partial charge in [-0.05, 0) is 97.8 Å². The van der Waals surface area contributed by atoms with E-state index in [2.05, 4.69) is 118 Å². The lowest BCUT2D eigenvalue weighted by Gasteiger charge is -2.37. The fraction of sp³-hybridized carbons (Fsp3) is 0.271. The number of anilines is 2. The Balaban J connectivity index is 0.000000477. The van der Waals surface area contributed by atoms with E-state index in [4.69, 9.17) is 4.18 Å². The van der Waals surface area contributed by atoms with E-state index in [0.717, 1.165) is 22.5 Å². The van der Waals surface area contributed by atoms with Crippen molar-refractivity contribution in [1.82, 2.24) is 4.90 Å². The monoisotopic (exact) mass is 846 g/mol. The topological polar surface area (TPSA) is 114 Å². The number of aromatic nitrogens is 1. The molecule has 0 bridgehead atoms. The van der Waals surface area contributed by atoms with Gasteiger partial charge in [0.15, 0.2) is 11.9 Å². The zero-order valence-electron chi connectivity index (χ0n) is 35.9. The largest absolute Gasteiger partial charge is 0.744 e. The van der Waals surface area contributed by atoms with Crippen LogP contribution in [0.3, 0.4) is 0 Å². The van der Waals surface area contributed by atoms with Crippen molar-refractivity contribution in [1.29, 1.82) is 0 Å². The first kappa shape index (κ1) is 44.0. The highest BCUT2D eigenvalue weighted by atomic mass is 32.2. The maximum Gasteiger partial charge on any atom is 0.299 e. The van der Waals surface area contributed by atoms with Crippen molar-refractivity contribution in [3.63, 3.8) is 0 Å². The number of pyridine rings is 1. The third-order valence-corrected chi connectivity index (χ3v) is 13.7. The molecule has 3 aromatic carbocycles. The summed E-state index contributed by atoms with van der Waals surface area (Å²) in [4.78, 5) is 6.27. The highest BCUT2D eigenvalue weighted by Crippen LogP contribution is 2.55. The number of nitrogens with zero attached hydrogens (tertiary/aromatic N) is 4. The number of allylic oxidation sites excluding steroid dienone is 8. The molecule has 0 spiro atoms. The van der Waals surface area contributed by atoms with Gasteiger partial charge in [-0.15, -0.1) is 0 Å². The number of hydrogen-bond donors (Lipinski definition) is 0. The molecule has 1 unspecified atom stereocenters. The summed E-state index contributed by atoms with van der Waals surface area (Å²) < 4.78 is 66.1. The number of rotatable bonds is 8. The summed E-state index contributed by atoms with van der Waals surface area (Å²) in [7, 11) is -0.216. The molecule has 3 aliphatic rings. The molecule has 12 heteroatoms. The van der Waals surface area contributed by atoms with Crippen LogP contribution in [0.5, 0.6) is 0 Å².